The number of hydrogen-bond acceptors (Lipinski definition) is 4. The minimum atomic E-state index is -1.11. The maximum absolute atomic E-state index is 13.8. The number of benzene rings is 1. The van der Waals surface area contributed by atoms with Gasteiger partial charge in [-0.05, 0) is 49.4 Å². The fraction of sp³-hybridized carbons (Fsp3) is 0.593. The molecule has 1 spiro atoms. The highest BCUT2D eigenvalue weighted by Crippen LogP contribution is 2.55. The molecule has 2 bridgehead atoms. The summed E-state index contributed by atoms with van der Waals surface area (Å²) in [5, 5.41) is 6.71. The van der Waals surface area contributed by atoms with Crippen molar-refractivity contribution >= 4 is 35.0 Å². The van der Waals surface area contributed by atoms with Crippen LogP contribution < -0.4 is 10.6 Å². The van der Waals surface area contributed by atoms with E-state index in [4.69, 9.17) is 16.3 Å². The molecule has 2 N–H and O–H groups in total. The van der Waals surface area contributed by atoms with Crippen molar-refractivity contribution < 1.29 is 19.1 Å². The first kappa shape index (κ1) is 24.3. The molecule has 188 valence electrons. The van der Waals surface area contributed by atoms with Crippen molar-refractivity contribution in [2.24, 2.45) is 17.8 Å². The third-order valence-corrected chi connectivity index (χ3v) is 8.19. The molecule has 3 fully saturated rings. The molecule has 8 heteroatoms. The van der Waals surface area contributed by atoms with E-state index in [2.05, 4.69) is 24.5 Å². The lowest BCUT2D eigenvalue weighted by atomic mass is 9.74. The molecular weight excluding hydrogens is 466 g/mol. The van der Waals surface area contributed by atoms with E-state index in [0.29, 0.717) is 23.2 Å². The van der Waals surface area contributed by atoms with Gasteiger partial charge in [0.2, 0.25) is 17.7 Å². The van der Waals surface area contributed by atoms with Gasteiger partial charge in [-0.2, -0.15) is 0 Å². The maximum Gasteiger partial charge on any atom is 0.246 e. The lowest BCUT2D eigenvalue weighted by Crippen LogP contribution is -2.56. The molecule has 1 aromatic rings. The molecule has 3 amide bonds. The number of fused-ring (bicyclic) bond motifs is 1. The van der Waals surface area contributed by atoms with Crippen LogP contribution in [0.25, 0.3) is 0 Å². The number of ether oxygens (including phenoxy) is 1. The van der Waals surface area contributed by atoms with E-state index in [0.717, 1.165) is 32.1 Å². The van der Waals surface area contributed by atoms with E-state index in [1.54, 1.807) is 29.2 Å². The van der Waals surface area contributed by atoms with Gasteiger partial charge >= 0.3 is 0 Å². The van der Waals surface area contributed by atoms with Gasteiger partial charge in [0.25, 0.3) is 0 Å². The Morgan fingerprint density at radius 3 is 2.54 bits per heavy atom. The third-order valence-electron chi connectivity index (χ3n) is 7.94. The SMILES string of the molecule is CC(C)CCN1C(=O)[C@H]2[C@H](C(=O)Nc3ccc(Cl)cc3)[C@H]3C=C[C@@]2(O3)[C@H]1C(=O)NC1CCCCC1. The van der Waals surface area contributed by atoms with Crippen LogP contribution in [0.1, 0.15) is 52.4 Å². The van der Waals surface area contributed by atoms with Crippen molar-refractivity contribution in [2.45, 2.75) is 76.2 Å². The number of rotatable bonds is 7. The lowest BCUT2D eigenvalue weighted by Gasteiger charge is -2.34. The zero-order valence-corrected chi connectivity index (χ0v) is 21.1. The van der Waals surface area contributed by atoms with Gasteiger partial charge in [0.15, 0.2) is 0 Å². The van der Waals surface area contributed by atoms with Crippen molar-refractivity contribution in [1.82, 2.24) is 10.2 Å². The highest BCUT2D eigenvalue weighted by molar-refractivity contribution is 6.30. The smallest absolute Gasteiger partial charge is 0.246 e. The second kappa shape index (κ2) is 9.58. The number of nitrogens with one attached hydrogen (secondary N) is 2. The lowest BCUT2D eigenvalue weighted by molar-refractivity contribution is -0.141. The number of halogens is 1. The Morgan fingerprint density at radius 2 is 1.86 bits per heavy atom. The molecule has 7 nitrogen and oxygen atoms in total. The molecule has 0 radical (unpaired) electrons. The van der Waals surface area contributed by atoms with E-state index >= 15 is 0 Å². The second-order valence-electron chi connectivity index (χ2n) is 10.8. The molecular formula is C27H34ClN3O4. The zero-order valence-electron chi connectivity index (χ0n) is 20.3. The maximum atomic E-state index is 13.8. The number of likely N-dealkylation sites (tertiary alicyclic amines) is 1. The summed E-state index contributed by atoms with van der Waals surface area (Å²) >= 11 is 5.97. The molecule has 2 saturated heterocycles. The van der Waals surface area contributed by atoms with Gasteiger partial charge in [0.05, 0.1) is 17.9 Å². The molecule has 0 unspecified atom stereocenters. The van der Waals surface area contributed by atoms with E-state index in [1.165, 1.54) is 6.42 Å². The summed E-state index contributed by atoms with van der Waals surface area (Å²) in [6, 6.07) is 6.22. The number of carbonyl (C=O) groups excluding carboxylic acids is 3. The predicted octanol–water partition coefficient (Wildman–Crippen LogP) is 3.92. The Bertz CT molecular complexity index is 1020. The summed E-state index contributed by atoms with van der Waals surface area (Å²) in [6.07, 6.45) is 9.27. The van der Waals surface area contributed by atoms with Crippen molar-refractivity contribution in [2.75, 3.05) is 11.9 Å². The number of carbonyl (C=O) groups is 3. The standard InChI is InChI=1S/C27H34ClN3O4/c1-16(2)13-15-31-23(25(33)30-18-6-4-3-5-7-18)27-14-12-20(35-27)21(22(27)26(31)34)24(32)29-19-10-8-17(28)9-11-19/h8-12,14,16,18,20-23H,3-7,13,15H2,1-2H3,(H,29,32)(H,30,33)/t20-,21-,22-,23-,27+/m1/s1. The molecule has 1 aromatic carbocycles. The van der Waals surface area contributed by atoms with Crippen LogP contribution in [0.3, 0.4) is 0 Å². The average molecular weight is 500 g/mol. The van der Waals surface area contributed by atoms with Crippen LogP contribution in [0, 0.1) is 17.8 Å². The van der Waals surface area contributed by atoms with Crippen molar-refractivity contribution in [3.8, 4) is 0 Å². The van der Waals surface area contributed by atoms with E-state index in [1.807, 2.05) is 12.2 Å². The number of hydrogen-bond donors (Lipinski definition) is 2. The van der Waals surface area contributed by atoms with Gasteiger partial charge in [0, 0.05) is 23.3 Å². The van der Waals surface area contributed by atoms with Crippen LogP contribution in [0.4, 0.5) is 5.69 Å². The fourth-order valence-corrected chi connectivity index (χ4v) is 6.32. The highest BCUT2D eigenvalue weighted by atomic mass is 35.5. The average Bonchev–Trinajstić information content (AvgIpc) is 3.47. The zero-order chi connectivity index (χ0) is 24.7. The normalized spacial score (nSPS) is 31.8. The summed E-state index contributed by atoms with van der Waals surface area (Å²) in [5.74, 6) is -1.66. The molecule has 5 atom stereocenters. The number of amides is 3. The summed E-state index contributed by atoms with van der Waals surface area (Å²) in [5.41, 5.74) is -0.506. The van der Waals surface area contributed by atoms with Gasteiger partial charge in [-0.15, -0.1) is 0 Å². The van der Waals surface area contributed by atoms with Gasteiger partial charge in [-0.25, -0.2) is 0 Å². The summed E-state index contributed by atoms with van der Waals surface area (Å²) in [4.78, 5) is 42.6. The number of nitrogens with zero attached hydrogens (tertiary/aromatic N) is 1. The molecule has 0 aromatic heterocycles. The summed E-state index contributed by atoms with van der Waals surface area (Å²) < 4.78 is 6.39. The largest absolute Gasteiger partial charge is 0.359 e. The van der Waals surface area contributed by atoms with Gasteiger partial charge in [-0.3, -0.25) is 14.4 Å². The Labute approximate surface area is 211 Å². The molecule has 4 aliphatic rings. The first-order valence-electron chi connectivity index (χ1n) is 12.8. The predicted molar refractivity (Wildman–Crippen MR) is 134 cm³/mol. The quantitative estimate of drug-likeness (QED) is 0.556. The van der Waals surface area contributed by atoms with Crippen LogP contribution in [0.2, 0.25) is 5.02 Å². The Kier molecular flexibility index (Phi) is 6.66. The second-order valence-corrected chi connectivity index (χ2v) is 11.2. The molecule has 1 aliphatic carbocycles. The molecule has 35 heavy (non-hydrogen) atoms. The number of anilines is 1. The van der Waals surface area contributed by atoms with Crippen molar-refractivity contribution in [1.29, 1.82) is 0 Å². The van der Waals surface area contributed by atoms with Gasteiger partial charge < -0.3 is 20.3 Å². The van der Waals surface area contributed by atoms with Crippen LogP contribution in [-0.4, -0.2) is 53.0 Å². The monoisotopic (exact) mass is 499 g/mol. The Hall–Kier alpha value is -2.38. The van der Waals surface area contributed by atoms with E-state index in [-0.39, 0.29) is 23.8 Å². The molecule has 1 saturated carbocycles. The first-order valence-corrected chi connectivity index (χ1v) is 13.2. The van der Waals surface area contributed by atoms with Crippen LogP contribution in [-0.2, 0) is 19.1 Å². The van der Waals surface area contributed by atoms with Gasteiger partial charge in [-0.1, -0.05) is 56.9 Å². The molecule has 5 rings (SSSR count). The first-order chi connectivity index (χ1) is 16.8. The minimum Gasteiger partial charge on any atom is -0.359 e. The Morgan fingerprint density at radius 1 is 1.14 bits per heavy atom. The molecule has 3 heterocycles. The van der Waals surface area contributed by atoms with Crippen molar-refractivity contribution in [3.05, 3.63) is 41.4 Å². The van der Waals surface area contributed by atoms with Crippen LogP contribution in [0.15, 0.2) is 36.4 Å². The topological polar surface area (TPSA) is 87.7 Å². The molecule has 3 aliphatic heterocycles. The minimum absolute atomic E-state index is 0.125. The van der Waals surface area contributed by atoms with Crippen LogP contribution in [0.5, 0.6) is 0 Å². The summed E-state index contributed by atoms with van der Waals surface area (Å²) in [7, 11) is 0. The van der Waals surface area contributed by atoms with Crippen LogP contribution >= 0.6 is 11.6 Å². The third kappa shape index (κ3) is 4.38. The fourth-order valence-electron chi connectivity index (χ4n) is 6.19. The summed E-state index contributed by atoms with van der Waals surface area (Å²) in [6.45, 7) is 4.66. The van der Waals surface area contributed by atoms with E-state index < -0.39 is 29.6 Å². The van der Waals surface area contributed by atoms with Crippen molar-refractivity contribution in [3.63, 3.8) is 0 Å². The van der Waals surface area contributed by atoms with E-state index in [9.17, 15) is 14.4 Å². The van der Waals surface area contributed by atoms with Gasteiger partial charge in [0.1, 0.15) is 11.6 Å². The highest BCUT2D eigenvalue weighted by Gasteiger charge is 2.72. The Balaban J connectivity index is 1.42.